The number of amides is 2. The number of carbonyl (C=O) groups is 3. The predicted octanol–water partition coefficient (Wildman–Crippen LogP) is 1.53. The van der Waals surface area contributed by atoms with E-state index in [-0.39, 0.29) is 24.8 Å². The second kappa shape index (κ2) is 10.7. The van der Waals surface area contributed by atoms with Crippen molar-refractivity contribution in [3.63, 3.8) is 0 Å². The SMILES string of the molecule is COC(=O)[C@H](CCSC)NC(=O)CCNC(=O)c1ccccc1C. The number of nitrogens with one attached hydrogen (secondary N) is 2. The van der Waals surface area contributed by atoms with Crippen molar-refractivity contribution in [3.05, 3.63) is 35.4 Å². The number of ether oxygens (including phenoxy) is 1. The Morgan fingerprint density at radius 2 is 1.96 bits per heavy atom. The molecule has 0 aromatic heterocycles. The number of benzene rings is 1. The Labute approximate surface area is 146 Å². The Bertz CT molecular complexity index is 577. The van der Waals surface area contributed by atoms with Crippen LogP contribution in [-0.2, 0) is 14.3 Å². The second-order valence-corrected chi connectivity index (χ2v) is 6.23. The Morgan fingerprint density at radius 3 is 2.58 bits per heavy atom. The monoisotopic (exact) mass is 352 g/mol. The molecule has 0 aliphatic carbocycles. The van der Waals surface area contributed by atoms with E-state index in [1.807, 2.05) is 25.3 Å². The van der Waals surface area contributed by atoms with Crippen molar-refractivity contribution in [2.45, 2.75) is 25.8 Å². The summed E-state index contributed by atoms with van der Waals surface area (Å²) in [5, 5.41) is 5.36. The van der Waals surface area contributed by atoms with E-state index in [0.717, 1.165) is 11.3 Å². The van der Waals surface area contributed by atoms with Gasteiger partial charge in [-0.1, -0.05) is 18.2 Å². The van der Waals surface area contributed by atoms with Gasteiger partial charge in [0.15, 0.2) is 0 Å². The second-order valence-electron chi connectivity index (χ2n) is 5.25. The summed E-state index contributed by atoms with van der Waals surface area (Å²) < 4.78 is 4.69. The molecule has 1 aromatic carbocycles. The molecule has 24 heavy (non-hydrogen) atoms. The number of hydrogen-bond acceptors (Lipinski definition) is 5. The Morgan fingerprint density at radius 1 is 1.25 bits per heavy atom. The molecule has 0 bridgehead atoms. The molecule has 1 aromatic rings. The summed E-state index contributed by atoms with van der Waals surface area (Å²) in [6.45, 7) is 2.06. The van der Waals surface area contributed by atoms with E-state index in [0.29, 0.717) is 12.0 Å². The zero-order chi connectivity index (χ0) is 17.9. The molecule has 0 unspecified atom stereocenters. The highest BCUT2D eigenvalue weighted by molar-refractivity contribution is 7.98. The van der Waals surface area contributed by atoms with E-state index in [2.05, 4.69) is 10.6 Å². The molecule has 0 radical (unpaired) electrons. The highest BCUT2D eigenvalue weighted by Crippen LogP contribution is 2.06. The van der Waals surface area contributed by atoms with Crippen LogP contribution in [0.5, 0.6) is 0 Å². The van der Waals surface area contributed by atoms with Gasteiger partial charge in [0, 0.05) is 18.5 Å². The van der Waals surface area contributed by atoms with Gasteiger partial charge < -0.3 is 15.4 Å². The van der Waals surface area contributed by atoms with Gasteiger partial charge in [-0.05, 0) is 37.0 Å². The molecule has 0 heterocycles. The van der Waals surface area contributed by atoms with Crippen LogP contribution >= 0.6 is 11.8 Å². The van der Waals surface area contributed by atoms with Crippen LogP contribution in [-0.4, -0.2) is 49.5 Å². The minimum atomic E-state index is -0.651. The van der Waals surface area contributed by atoms with E-state index in [4.69, 9.17) is 4.74 Å². The summed E-state index contributed by atoms with van der Waals surface area (Å²) >= 11 is 1.59. The summed E-state index contributed by atoms with van der Waals surface area (Å²) in [5.41, 5.74) is 1.47. The third-order valence-electron chi connectivity index (χ3n) is 3.46. The first-order valence-electron chi connectivity index (χ1n) is 7.69. The Hall–Kier alpha value is -2.02. The van der Waals surface area contributed by atoms with Crippen LogP contribution in [0.1, 0.15) is 28.8 Å². The van der Waals surface area contributed by atoms with Crippen molar-refractivity contribution in [1.29, 1.82) is 0 Å². The zero-order valence-corrected chi connectivity index (χ0v) is 15.1. The molecule has 0 spiro atoms. The number of hydrogen-bond donors (Lipinski definition) is 2. The van der Waals surface area contributed by atoms with Gasteiger partial charge in [0.05, 0.1) is 7.11 Å². The van der Waals surface area contributed by atoms with Gasteiger partial charge in [-0.3, -0.25) is 9.59 Å². The molecule has 0 fully saturated rings. The van der Waals surface area contributed by atoms with Crippen molar-refractivity contribution in [3.8, 4) is 0 Å². The van der Waals surface area contributed by atoms with Crippen LogP contribution in [0.3, 0.4) is 0 Å². The molecule has 0 saturated heterocycles. The first kappa shape index (κ1) is 20.0. The molecule has 2 amide bonds. The molecule has 6 nitrogen and oxygen atoms in total. The standard InChI is InChI=1S/C17H24N2O4S/c1-12-6-4-5-7-13(12)16(21)18-10-8-15(20)19-14(9-11-24-3)17(22)23-2/h4-7,14H,8-11H2,1-3H3,(H,18,21)(H,19,20)/t14-/m0/s1. The summed E-state index contributed by atoms with van der Waals surface area (Å²) in [6, 6.07) is 6.60. The topological polar surface area (TPSA) is 84.5 Å². The quantitative estimate of drug-likeness (QED) is 0.659. The van der Waals surface area contributed by atoms with Crippen LogP contribution in [0.15, 0.2) is 24.3 Å². The Kier molecular flexibility index (Phi) is 8.93. The number of methoxy groups -OCH3 is 1. The highest BCUT2D eigenvalue weighted by Gasteiger charge is 2.20. The molecule has 1 atom stereocenters. The first-order chi connectivity index (χ1) is 11.5. The molecule has 132 valence electrons. The van der Waals surface area contributed by atoms with Crippen molar-refractivity contribution >= 4 is 29.5 Å². The maximum absolute atomic E-state index is 12.0. The van der Waals surface area contributed by atoms with Gasteiger partial charge in [0.1, 0.15) is 6.04 Å². The van der Waals surface area contributed by atoms with Gasteiger partial charge in [0.25, 0.3) is 5.91 Å². The largest absolute Gasteiger partial charge is 0.467 e. The molecule has 7 heteroatoms. The molecule has 1 rings (SSSR count). The van der Waals surface area contributed by atoms with E-state index in [9.17, 15) is 14.4 Å². The molecular formula is C17H24N2O4S. The number of carbonyl (C=O) groups excluding carboxylic acids is 3. The average Bonchev–Trinajstić information content (AvgIpc) is 2.58. The maximum atomic E-state index is 12.0. The van der Waals surface area contributed by atoms with Crippen molar-refractivity contribution in [1.82, 2.24) is 10.6 Å². The summed E-state index contributed by atoms with van der Waals surface area (Å²) in [7, 11) is 1.29. The van der Waals surface area contributed by atoms with E-state index in [1.165, 1.54) is 7.11 Å². The number of rotatable bonds is 9. The fourth-order valence-corrected chi connectivity index (χ4v) is 2.58. The highest BCUT2D eigenvalue weighted by atomic mass is 32.2. The van der Waals surface area contributed by atoms with Gasteiger partial charge in [-0.2, -0.15) is 11.8 Å². The summed E-state index contributed by atoms with van der Waals surface area (Å²) in [5.74, 6) is -0.227. The van der Waals surface area contributed by atoms with Crippen molar-refractivity contribution in [2.75, 3.05) is 25.7 Å². The summed E-state index contributed by atoms with van der Waals surface area (Å²) in [4.78, 5) is 35.6. The van der Waals surface area contributed by atoms with Crippen LogP contribution in [0.4, 0.5) is 0 Å². The van der Waals surface area contributed by atoms with E-state index >= 15 is 0 Å². The number of esters is 1. The average molecular weight is 352 g/mol. The fraction of sp³-hybridized carbons (Fsp3) is 0.471. The fourth-order valence-electron chi connectivity index (χ4n) is 2.11. The van der Waals surface area contributed by atoms with Gasteiger partial charge in [0.2, 0.25) is 5.91 Å². The predicted molar refractivity (Wildman–Crippen MR) is 95.1 cm³/mol. The summed E-state index contributed by atoms with van der Waals surface area (Å²) in [6.07, 6.45) is 2.54. The smallest absolute Gasteiger partial charge is 0.328 e. The molecule has 0 aliphatic heterocycles. The van der Waals surface area contributed by atoms with Crippen LogP contribution < -0.4 is 10.6 Å². The lowest BCUT2D eigenvalue weighted by Gasteiger charge is -2.16. The van der Waals surface area contributed by atoms with Crippen LogP contribution in [0.25, 0.3) is 0 Å². The lowest BCUT2D eigenvalue weighted by atomic mass is 10.1. The Balaban J connectivity index is 2.43. The minimum Gasteiger partial charge on any atom is -0.467 e. The lowest BCUT2D eigenvalue weighted by Crippen LogP contribution is -2.43. The van der Waals surface area contributed by atoms with Gasteiger partial charge >= 0.3 is 5.97 Å². The normalized spacial score (nSPS) is 11.5. The third kappa shape index (κ3) is 6.62. The zero-order valence-electron chi connectivity index (χ0n) is 14.3. The van der Waals surface area contributed by atoms with Crippen LogP contribution in [0.2, 0.25) is 0 Å². The van der Waals surface area contributed by atoms with Gasteiger partial charge in [-0.15, -0.1) is 0 Å². The number of thioether (sulfide) groups is 1. The minimum absolute atomic E-state index is 0.102. The van der Waals surface area contributed by atoms with Gasteiger partial charge in [-0.25, -0.2) is 4.79 Å². The third-order valence-corrected chi connectivity index (χ3v) is 4.10. The molecule has 2 N–H and O–H groups in total. The first-order valence-corrected chi connectivity index (χ1v) is 9.09. The van der Waals surface area contributed by atoms with E-state index in [1.54, 1.807) is 23.9 Å². The molecular weight excluding hydrogens is 328 g/mol. The maximum Gasteiger partial charge on any atom is 0.328 e. The van der Waals surface area contributed by atoms with E-state index < -0.39 is 12.0 Å². The molecule has 0 saturated carbocycles. The van der Waals surface area contributed by atoms with Crippen molar-refractivity contribution < 1.29 is 19.1 Å². The van der Waals surface area contributed by atoms with Crippen molar-refractivity contribution in [2.24, 2.45) is 0 Å². The molecule has 0 aliphatic rings. The number of aryl methyl sites for hydroxylation is 1. The van der Waals surface area contributed by atoms with Crippen LogP contribution in [0, 0.1) is 6.92 Å². The lowest BCUT2D eigenvalue weighted by molar-refractivity contribution is -0.145.